The van der Waals surface area contributed by atoms with E-state index in [1.165, 1.54) is 18.2 Å². The molecule has 1 heterocycles. The summed E-state index contributed by atoms with van der Waals surface area (Å²) < 4.78 is 14.3. The Bertz CT molecular complexity index is 692. The summed E-state index contributed by atoms with van der Waals surface area (Å²) in [5.41, 5.74) is 2.47. The minimum atomic E-state index is -0.264. The zero-order valence-corrected chi connectivity index (χ0v) is 13.2. The number of aromatic nitrogens is 2. The van der Waals surface area contributed by atoms with Gasteiger partial charge in [0.1, 0.15) is 11.0 Å². The number of halogens is 2. The SMILES string of the molecule is Cc1nn(C)c(Cl)c1/C=C/C(=O)NCCc1ccc(F)cc1. The maximum absolute atomic E-state index is 12.8. The number of aryl methyl sites for hydroxylation is 2. The van der Waals surface area contributed by atoms with Crippen molar-refractivity contribution in [3.63, 3.8) is 0 Å². The molecule has 0 spiro atoms. The van der Waals surface area contributed by atoms with E-state index in [0.717, 1.165) is 16.8 Å². The van der Waals surface area contributed by atoms with Crippen molar-refractivity contribution in [3.05, 3.63) is 58.1 Å². The Morgan fingerprint density at radius 1 is 1.41 bits per heavy atom. The Kier molecular flexibility index (Phi) is 5.33. The maximum Gasteiger partial charge on any atom is 0.244 e. The first-order valence-corrected chi connectivity index (χ1v) is 7.24. The Labute approximate surface area is 133 Å². The highest BCUT2D eigenvalue weighted by atomic mass is 35.5. The lowest BCUT2D eigenvalue weighted by Crippen LogP contribution is -2.23. The number of hydrogen-bond acceptors (Lipinski definition) is 2. The van der Waals surface area contributed by atoms with Gasteiger partial charge in [-0.05, 0) is 37.1 Å². The highest BCUT2D eigenvalue weighted by molar-refractivity contribution is 6.31. The van der Waals surface area contributed by atoms with Crippen LogP contribution in [0.25, 0.3) is 6.08 Å². The van der Waals surface area contributed by atoms with Gasteiger partial charge in [-0.15, -0.1) is 0 Å². The summed E-state index contributed by atoms with van der Waals surface area (Å²) in [6, 6.07) is 6.22. The molecule has 1 N–H and O–H groups in total. The quantitative estimate of drug-likeness (QED) is 0.861. The van der Waals surface area contributed by atoms with Gasteiger partial charge in [0.05, 0.1) is 5.69 Å². The van der Waals surface area contributed by atoms with Crippen LogP contribution in [0.15, 0.2) is 30.3 Å². The van der Waals surface area contributed by atoms with Crippen molar-refractivity contribution in [1.29, 1.82) is 0 Å². The van der Waals surface area contributed by atoms with Crippen LogP contribution >= 0.6 is 11.6 Å². The molecule has 116 valence electrons. The first kappa shape index (κ1) is 16.2. The second kappa shape index (κ2) is 7.22. The standard InChI is InChI=1S/C16H17ClFN3O/c1-11-14(16(17)21(2)20-11)7-8-15(22)19-10-9-12-3-5-13(18)6-4-12/h3-8H,9-10H2,1-2H3,(H,19,22)/b8-7+. The number of nitrogens with one attached hydrogen (secondary N) is 1. The highest BCUT2D eigenvalue weighted by Gasteiger charge is 2.08. The molecule has 1 amide bonds. The van der Waals surface area contributed by atoms with Crippen LogP contribution in [-0.2, 0) is 18.3 Å². The van der Waals surface area contributed by atoms with E-state index < -0.39 is 0 Å². The van der Waals surface area contributed by atoms with E-state index in [9.17, 15) is 9.18 Å². The van der Waals surface area contributed by atoms with Gasteiger partial charge in [0.2, 0.25) is 5.91 Å². The van der Waals surface area contributed by atoms with Gasteiger partial charge in [0, 0.05) is 25.2 Å². The average molecular weight is 322 g/mol. The first-order chi connectivity index (χ1) is 10.5. The monoisotopic (exact) mass is 321 g/mol. The molecule has 0 aliphatic rings. The zero-order chi connectivity index (χ0) is 16.1. The number of carbonyl (C=O) groups is 1. The molecular formula is C16H17ClFN3O. The maximum atomic E-state index is 12.8. The predicted molar refractivity (Wildman–Crippen MR) is 85.1 cm³/mol. The van der Waals surface area contributed by atoms with Crippen LogP contribution in [-0.4, -0.2) is 22.2 Å². The third kappa shape index (κ3) is 4.18. The third-order valence-corrected chi connectivity index (χ3v) is 3.67. The van der Waals surface area contributed by atoms with Gasteiger partial charge in [0.15, 0.2) is 0 Å². The van der Waals surface area contributed by atoms with Crippen molar-refractivity contribution in [2.24, 2.45) is 7.05 Å². The van der Waals surface area contributed by atoms with Crippen molar-refractivity contribution in [2.45, 2.75) is 13.3 Å². The van der Waals surface area contributed by atoms with Crippen molar-refractivity contribution in [2.75, 3.05) is 6.54 Å². The summed E-state index contributed by atoms with van der Waals surface area (Å²) in [6.07, 6.45) is 3.73. The fourth-order valence-electron chi connectivity index (χ4n) is 2.03. The lowest BCUT2D eigenvalue weighted by molar-refractivity contribution is -0.116. The molecule has 0 atom stereocenters. The van der Waals surface area contributed by atoms with Crippen molar-refractivity contribution < 1.29 is 9.18 Å². The summed E-state index contributed by atoms with van der Waals surface area (Å²) >= 11 is 6.08. The van der Waals surface area contributed by atoms with Crippen LogP contribution in [0.2, 0.25) is 5.15 Å². The number of amides is 1. The minimum Gasteiger partial charge on any atom is -0.352 e. The molecule has 0 saturated heterocycles. The number of benzene rings is 1. The molecule has 0 radical (unpaired) electrons. The molecule has 2 aromatic rings. The summed E-state index contributed by atoms with van der Waals surface area (Å²) in [6.45, 7) is 2.31. The largest absolute Gasteiger partial charge is 0.352 e. The van der Waals surface area contributed by atoms with E-state index >= 15 is 0 Å². The smallest absolute Gasteiger partial charge is 0.244 e. The van der Waals surface area contributed by atoms with Crippen molar-refractivity contribution >= 4 is 23.6 Å². The van der Waals surface area contributed by atoms with Crippen LogP contribution in [0.5, 0.6) is 0 Å². The Balaban J connectivity index is 1.85. The van der Waals surface area contributed by atoms with Gasteiger partial charge in [-0.25, -0.2) is 4.39 Å². The first-order valence-electron chi connectivity index (χ1n) is 6.87. The number of carbonyl (C=O) groups excluding carboxylic acids is 1. The van der Waals surface area contributed by atoms with E-state index in [-0.39, 0.29) is 11.7 Å². The second-order valence-electron chi connectivity index (χ2n) is 4.91. The Morgan fingerprint density at radius 3 is 2.68 bits per heavy atom. The van der Waals surface area contributed by atoms with Gasteiger partial charge < -0.3 is 5.32 Å². The van der Waals surface area contributed by atoms with E-state index in [4.69, 9.17) is 11.6 Å². The van der Waals surface area contributed by atoms with Gasteiger partial charge >= 0.3 is 0 Å². The lowest BCUT2D eigenvalue weighted by atomic mass is 10.1. The predicted octanol–water partition coefficient (Wildman–Crippen LogP) is 2.89. The van der Waals surface area contributed by atoms with Crippen molar-refractivity contribution in [3.8, 4) is 0 Å². The van der Waals surface area contributed by atoms with Crippen LogP contribution in [0.1, 0.15) is 16.8 Å². The molecule has 2 rings (SSSR count). The summed E-state index contributed by atoms with van der Waals surface area (Å²) in [4.78, 5) is 11.8. The molecule has 1 aromatic carbocycles. The lowest BCUT2D eigenvalue weighted by Gasteiger charge is -2.02. The van der Waals surface area contributed by atoms with Crippen LogP contribution in [0, 0.1) is 12.7 Å². The number of rotatable bonds is 5. The highest BCUT2D eigenvalue weighted by Crippen LogP contribution is 2.19. The normalized spacial score (nSPS) is 11.1. The number of hydrogen-bond donors (Lipinski definition) is 1. The molecule has 0 fully saturated rings. The van der Waals surface area contributed by atoms with Gasteiger partial charge in [0.25, 0.3) is 0 Å². The summed E-state index contributed by atoms with van der Waals surface area (Å²) in [5, 5.41) is 7.43. The molecule has 0 aliphatic carbocycles. The zero-order valence-electron chi connectivity index (χ0n) is 12.4. The van der Waals surface area contributed by atoms with Gasteiger partial charge in [-0.2, -0.15) is 5.10 Å². The molecule has 6 heteroatoms. The molecule has 22 heavy (non-hydrogen) atoms. The molecule has 0 aliphatic heterocycles. The molecule has 4 nitrogen and oxygen atoms in total. The molecule has 0 saturated carbocycles. The van der Waals surface area contributed by atoms with E-state index in [2.05, 4.69) is 10.4 Å². The van der Waals surface area contributed by atoms with Crippen LogP contribution in [0.3, 0.4) is 0 Å². The van der Waals surface area contributed by atoms with Crippen LogP contribution < -0.4 is 5.32 Å². The molecule has 0 unspecified atom stereocenters. The topological polar surface area (TPSA) is 46.9 Å². The average Bonchev–Trinajstić information content (AvgIpc) is 2.72. The fraction of sp³-hybridized carbons (Fsp3) is 0.250. The Hall–Kier alpha value is -2.14. The van der Waals surface area contributed by atoms with Crippen LogP contribution in [0.4, 0.5) is 4.39 Å². The minimum absolute atomic E-state index is 0.207. The van der Waals surface area contributed by atoms with Gasteiger partial charge in [-0.1, -0.05) is 23.7 Å². The Morgan fingerprint density at radius 2 is 2.09 bits per heavy atom. The fourth-order valence-corrected chi connectivity index (χ4v) is 2.27. The molecule has 0 bridgehead atoms. The van der Waals surface area contributed by atoms with E-state index in [1.807, 2.05) is 6.92 Å². The molecule has 1 aromatic heterocycles. The van der Waals surface area contributed by atoms with Gasteiger partial charge in [-0.3, -0.25) is 9.48 Å². The summed E-state index contributed by atoms with van der Waals surface area (Å²) in [7, 11) is 1.75. The van der Waals surface area contributed by atoms with Crippen molar-refractivity contribution in [1.82, 2.24) is 15.1 Å². The third-order valence-electron chi connectivity index (χ3n) is 3.22. The summed E-state index contributed by atoms with van der Waals surface area (Å²) in [5.74, 6) is -0.471. The second-order valence-corrected chi connectivity index (χ2v) is 5.27. The van der Waals surface area contributed by atoms with E-state index in [0.29, 0.717) is 18.1 Å². The number of nitrogens with zero attached hydrogens (tertiary/aromatic N) is 2. The molecular weight excluding hydrogens is 305 g/mol. The van der Waals surface area contributed by atoms with E-state index in [1.54, 1.807) is 29.9 Å².